The Labute approximate surface area is 159 Å². The van der Waals surface area contributed by atoms with E-state index in [1.165, 1.54) is 5.56 Å². The number of benzene rings is 1. The highest BCUT2D eigenvalue weighted by atomic mass is 16.5. The summed E-state index contributed by atoms with van der Waals surface area (Å²) in [5.74, 6) is 0.859. The molecule has 1 aromatic carbocycles. The van der Waals surface area contributed by atoms with Gasteiger partial charge in [0.15, 0.2) is 0 Å². The number of carbonyl (C=O) groups is 1. The number of carbonyl (C=O) groups excluding carboxylic acids is 1. The number of methoxy groups -OCH3 is 1. The zero-order valence-corrected chi connectivity index (χ0v) is 15.8. The molecule has 2 fully saturated rings. The molecule has 2 N–H and O–H groups in total. The highest BCUT2D eigenvalue weighted by molar-refractivity contribution is 5.91. The van der Waals surface area contributed by atoms with Crippen LogP contribution >= 0.6 is 0 Å². The third-order valence-electron chi connectivity index (χ3n) is 6.02. The number of pyridine rings is 1. The predicted octanol–water partition coefficient (Wildman–Crippen LogP) is 3.06. The first-order valence-corrected chi connectivity index (χ1v) is 9.58. The van der Waals surface area contributed by atoms with Crippen LogP contribution in [0.25, 0.3) is 0 Å². The first-order valence-electron chi connectivity index (χ1n) is 9.58. The number of amides is 1. The van der Waals surface area contributed by atoms with E-state index >= 15 is 0 Å². The van der Waals surface area contributed by atoms with Crippen LogP contribution in [-0.4, -0.2) is 29.2 Å². The van der Waals surface area contributed by atoms with E-state index in [1.54, 1.807) is 13.3 Å². The summed E-state index contributed by atoms with van der Waals surface area (Å²) in [4.78, 5) is 17.5. The van der Waals surface area contributed by atoms with E-state index in [0.717, 1.165) is 24.0 Å². The molecule has 2 aliphatic rings. The van der Waals surface area contributed by atoms with E-state index in [0.29, 0.717) is 18.7 Å². The fraction of sp³-hybridized carbons (Fsp3) is 0.455. The maximum Gasteiger partial charge on any atom is 0.231 e. The summed E-state index contributed by atoms with van der Waals surface area (Å²) in [7, 11) is 1.59. The summed E-state index contributed by atoms with van der Waals surface area (Å²) >= 11 is 0. The maximum absolute atomic E-state index is 13.2. The molecule has 1 atom stereocenters. The SMILES string of the molecule is COc1ccc([C@H](NC(=O)C2(c3ccc(C)cc3)CC2)C2CC(O)C2)cn1. The summed E-state index contributed by atoms with van der Waals surface area (Å²) in [6, 6.07) is 11.9. The van der Waals surface area contributed by atoms with Crippen molar-refractivity contribution >= 4 is 5.91 Å². The van der Waals surface area contributed by atoms with Crippen LogP contribution in [0.5, 0.6) is 5.88 Å². The molecule has 1 aromatic heterocycles. The Kier molecular flexibility index (Phi) is 4.64. The van der Waals surface area contributed by atoms with Gasteiger partial charge in [-0.25, -0.2) is 4.98 Å². The van der Waals surface area contributed by atoms with Crippen LogP contribution < -0.4 is 10.1 Å². The van der Waals surface area contributed by atoms with Crippen molar-refractivity contribution < 1.29 is 14.6 Å². The average molecular weight is 366 g/mol. The molecule has 0 saturated heterocycles. The monoisotopic (exact) mass is 366 g/mol. The molecule has 2 aromatic rings. The number of aromatic nitrogens is 1. The third-order valence-corrected chi connectivity index (χ3v) is 6.02. The van der Waals surface area contributed by atoms with Crippen molar-refractivity contribution in [2.45, 2.75) is 50.2 Å². The van der Waals surface area contributed by atoms with Crippen molar-refractivity contribution in [2.75, 3.05) is 7.11 Å². The summed E-state index contributed by atoms with van der Waals surface area (Å²) < 4.78 is 5.14. The first-order chi connectivity index (χ1) is 13.0. The minimum Gasteiger partial charge on any atom is -0.481 e. The topological polar surface area (TPSA) is 71.5 Å². The second-order valence-electron chi connectivity index (χ2n) is 7.92. The highest BCUT2D eigenvalue weighted by Gasteiger charge is 2.52. The fourth-order valence-electron chi connectivity index (χ4n) is 4.00. The van der Waals surface area contributed by atoms with Crippen LogP contribution in [0, 0.1) is 12.8 Å². The second-order valence-corrected chi connectivity index (χ2v) is 7.92. The van der Waals surface area contributed by atoms with Crippen molar-refractivity contribution in [1.29, 1.82) is 0 Å². The number of nitrogens with zero attached hydrogens (tertiary/aromatic N) is 1. The van der Waals surface area contributed by atoms with E-state index in [4.69, 9.17) is 4.74 Å². The van der Waals surface area contributed by atoms with Gasteiger partial charge in [0.05, 0.1) is 24.7 Å². The first kappa shape index (κ1) is 18.0. The summed E-state index contributed by atoms with van der Waals surface area (Å²) in [6.07, 6.45) is 4.65. The number of aryl methyl sites for hydroxylation is 1. The minimum atomic E-state index is -0.409. The molecular weight excluding hydrogens is 340 g/mol. The molecule has 0 radical (unpaired) electrons. The van der Waals surface area contributed by atoms with Crippen molar-refractivity contribution in [3.8, 4) is 5.88 Å². The Morgan fingerprint density at radius 3 is 2.44 bits per heavy atom. The second kappa shape index (κ2) is 6.97. The largest absolute Gasteiger partial charge is 0.481 e. The van der Waals surface area contributed by atoms with Gasteiger partial charge in [-0.3, -0.25) is 4.79 Å². The van der Waals surface area contributed by atoms with Crippen LogP contribution in [0.2, 0.25) is 0 Å². The van der Waals surface area contributed by atoms with Gasteiger partial charge in [-0.15, -0.1) is 0 Å². The van der Waals surface area contributed by atoms with E-state index < -0.39 is 5.41 Å². The molecular formula is C22H26N2O3. The number of aliphatic hydroxyl groups is 1. The number of hydrogen-bond donors (Lipinski definition) is 2. The van der Waals surface area contributed by atoms with Crippen LogP contribution in [0.3, 0.4) is 0 Å². The van der Waals surface area contributed by atoms with Crippen LogP contribution in [0.15, 0.2) is 42.6 Å². The number of hydrogen-bond acceptors (Lipinski definition) is 4. The average Bonchev–Trinajstić information content (AvgIpc) is 3.46. The maximum atomic E-state index is 13.2. The molecule has 0 unspecified atom stereocenters. The van der Waals surface area contributed by atoms with Crippen molar-refractivity contribution in [2.24, 2.45) is 5.92 Å². The Morgan fingerprint density at radius 2 is 1.93 bits per heavy atom. The van der Waals surface area contributed by atoms with Crippen LogP contribution in [0.1, 0.15) is 48.4 Å². The lowest BCUT2D eigenvalue weighted by atomic mass is 9.75. The lowest BCUT2D eigenvalue weighted by molar-refractivity contribution is -0.125. The molecule has 1 amide bonds. The lowest BCUT2D eigenvalue weighted by Crippen LogP contribution is -2.44. The normalized spacial score (nSPS) is 23.8. The molecule has 27 heavy (non-hydrogen) atoms. The van der Waals surface area contributed by atoms with E-state index in [9.17, 15) is 9.90 Å². The van der Waals surface area contributed by atoms with Gasteiger partial charge < -0.3 is 15.2 Å². The highest BCUT2D eigenvalue weighted by Crippen LogP contribution is 2.49. The Morgan fingerprint density at radius 1 is 1.22 bits per heavy atom. The lowest BCUT2D eigenvalue weighted by Gasteiger charge is -2.38. The number of rotatable bonds is 6. The van der Waals surface area contributed by atoms with Crippen molar-refractivity contribution in [3.63, 3.8) is 0 Å². The zero-order valence-electron chi connectivity index (χ0n) is 15.8. The Balaban J connectivity index is 1.55. The van der Waals surface area contributed by atoms with Gasteiger partial charge in [-0.05, 0) is 49.7 Å². The molecule has 5 heteroatoms. The van der Waals surface area contributed by atoms with Gasteiger partial charge in [0.25, 0.3) is 0 Å². The molecule has 0 aliphatic heterocycles. The van der Waals surface area contributed by atoms with Gasteiger partial charge in [-0.1, -0.05) is 35.9 Å². The number of nitrogens with one attached hydrogen (secondary N) is 1. The van der Waals surface area contributed by atoms with E-state index in [1.807, 2.05) is 12.1 Å². The Bertz CT molecular complexity index is 806. The molecule has 4 rings (SSSR count). The van der Waals surface area contributed by atoms with Crippen molar-refractivity contribution in [3.05, 3.63) is 59.3 Å². The van der Waals surface area contributed by atoms with Crippen LogP contribution in [-0.2, 0) is 10.2 Å². The molecule has 142 valence electrons. The van der Waals surface area contributed by atoms with Gasteiger partial charge in [0.2, 0.25) is 11.8 Å². The quantitative estimate of drug-likeness (QED) is 0.824. The zero-order chi connectivity index (χ0) is 19.0. The molecule has 2 aliphatic carbocycles. The fourth-order valence-corrected chi connectivity index (χ4v) is 4.00. The van der Waals surface area contributed by atoms with Gasteiger partial charge >= 0.3 is 0 Å². The molecule has 5 nitrogen and oxygen atoms in total. The summed E-state index contributed by atoms with van der Waals surface area (Å²) in [5.41, 5.74) is 2.83. The number of ether oxygens (including phenoxy) is 1. The van der Waals surface area contributed by atoms with E-state index in [2.05, 4.69) is 41.5 Å². The molecule has 0 bridgehead atoms. The third kappa shape index (κ3) is 3.44. The van der Waals surface area contributed by atoms with Gasteiger partial charge in [0.1, 0.15) is 0 Å². The van der Waals surface area contributed by atoms with Gasteiger partial charge in [0, 0.05) is 12.3 Å². The smallest absolute Gasteiger partial charge is 0.231 e. The number of aliphatic hydroxyl groups excluding tert-OH is 1. The standard InChI is InChI=1S/C22H26N2O3/c1-14-3-6-17(7-4-14)22(9-10-22)21(26)24-20(16-11-18(25)12-16)15-5-8-19(27-2)23-13-15/h3-8,13,16,18,20,25H,9-12H2,1-2H3,(H,24,26)/t16?,18?,20-/m0/s1. The summed E-state index contributed by atoms with van der Waals surface area (Å²) in [5, 5.41) is 13.0. The molecule has 1 heterocycles. The Hall–Kier alpha value is -2.40. The predicted molar refractivity (Wildman–Crippen MR) is 102 cm³/mol. The molecule has 0 spiro atoms. The minimum absolute atomic E-state index is 0.0774. The van der Waals surface area contributed by atoms with Crippen LogP contribution in [0.4, 0.5) is 0 Å². The van der Waals surface area contributed by atoms with Gasteiger partial charge in [-0.2, -0.15) is 0 Å². The summed E-state index contributed by atoms with van der Waals surface area (Å²) in [6.45, 7) is 2.05. The molecule has 2 saturated carbocycles. The van der Waals surface area contributed by atoms with E-state index in [-0.39, 0.29) is 24.0 Å². The van der Waals surface area contributed by atoms with Crippen molar-refractivity contribution in [1.82, 2.24) is 10.3 Å².